The Morgan fingerprint density at radius 3 is 2.36 bits per heavy atom. The van der Waals surface area contributed by atoms with Crippen LogP contribution in [-0.4, -0.2) is 36.9 Å². The lowest BCUT2D eigenvalue weighted by Crippen LogP contribution is -2.60. The first kappa shape index (κ1) is 14.5. The Bertz CT molecular complexity index is 551. The highest BCUT2D eigenvalue weighted by Crippen LogP contribution is 2.55. The van der Waals surface area contributed by atoms with Gasteiger partial charge in [0.1, 0.15) is 0 Å². The molecule has 4 bridgehead atoms. The number of amides is 1. The van der Waals surface area contributed by atoms with Crippen molar-refractivity contribution < 1.29 is 4.79 Å². The molecule has 1 N–H and O–H groups in total. The fourth-order valence-electron chi connectivity index (χ4n) is 5.16. The van der Waals surface area contributed by atoms with Crippen LogP contribution < -0.4 is 5.32 Å². The first-order valence-corrected chi connectivity index (χ1v) is 9.12. The van der Waals surface area contributed by atoms with E-state index in [0.29, 0.717) is 5.16 Å². The zero-order valence-electron chi connectivity index (χ0n) is 13.2. The van der Waals surface area contributed by atoms with E-state index >= 15 is 0 Å². The van der Waals surface area contributed by atoms with Crippen LogP contribution in [0.15, 0.2) is 5.16 Å². The van der Waals surface area contributed by atoms with E-state index in [9.17, 15) is 4.79 Å². The Hall–Kier alpha value is -1.11. The summed E-state index contributed by atoms with van der Waals surface area (Å²) in [6.45, 7) is 1.94. The molecule has 1 unspecified atom stereocenters. The molecule has 4 fully saturated rings. The van der Waals surface area contributed by atoms with Crippen LogP contribution in [0.5, 0.6) is 0 Å². The molecule has 4 saturated carbocycles. The van der Waals surface area contributed by atoms with Crippen molar-refractivity contribution in [2.24, 2.45) is 24.8 Å². The highest BCUT2D eigenvalue weighted by atomic mass is 32.2. The molecule has 0 aromatic carbocycles. The number of rotatable bonds is 4. The maximum atomic E-state index is 12.7. The first-order chi connectivity index (χ1) is 10.5. The van der Waals surface area contributed by atoms with Gasteiger partial charge in [0, 0.05) is 12.6 Å². The van der Waals surface area contributed by atoms with Crippen LogP contribution in [0.4, 0.5) is 0 Å². The number of hydrogen-bond acceptors (Lipinski definition) is 5. The number of aryl methyl sites for hydroxylation is 1. The molecule has 120 valence electrons. The van der Waals surface area contributed by atoms with E-state index in [2.05, 4.69) is 20.8 Å². The lowest BCUT2D eigenvalue weighted by molar-refractivity contribution is -0.126. The monoisotopic (exact) mass is 321 g/mol. The third-order valence-corrected chi connectivity index (χ3v) is 6.78. The minimum absolute atomic E-state index is 0.0821. The van der Waals surface area contributed by atoms with Gasteiger partial charge < -0.3 is 5.32 Å². The van der Waals surface area contributed by atoms with E-state index in [1.807, 2.05) is 6.92 Å². The SMILES string of the molecule is CC(Sc1nnnn1C)C(=O)NC12CC3CC(CC(C3)C1)C2. The van der Waals surface area contributed by atoms with Crippen molar-refractivity contribution in [3.63, 3.8) is 0 Å². The quantitative estimate of drug-likeness (QED) is 0.856. The summed E-state index contributed by atoms with van der Waals surface area (Å²) in [5, 5.41) is 15.3. The fourth-order valence-corrected chi connectivity index (χ4v) is 5.91. The molecule has 4 aliphatic carbocycles. The molecule has 5 rings (SSSR count). The summed E-state index contributed by atoms with van der Waals surface area (Å²) in [5.74, 6) is 2.67. The van der Waals surface area contributed by atoms with Crippen molar-refractivity contribution in [3.05, 3.63) is 0 Å². The standard InChI is InChI=1S/C15H23N5OS/c1-9(22-14-17-18-19-20(14)2)13(21)16-15-6-10-3-11(7-15)5-12(4-10)8-15/h9-12H,3-8H2,1-2H3,(H,16,21). The van der Waals surface area contributed by atoms with E-state index in [1.54, 1.807) is 11.7 Å². The van der Waals surface area contributed by atoms with Crippen molar-refractivity contribution >= 4 is 17.7 Å². The van der Waals surface area contributed by atoms with Crippen LogP contribution in [0.1, 0.15) is 45.4 Å². The molecule has 4 aliphatic rings. The summed E-state index contributed by atoms with van der Waals surface area (Å²) in [6.07, 6.45) is 7.74. The number of carbonyl (C=O) groups excluding carboxylic acids is 1. The largest absolute Gasteiger partial charge is 0.350 e. The minimum Gasteiger partial charge on any atom is -0.350 e. The topological polar surface area (TPSA) is 72.7 Å². The van der Waals surface area contributed by atoms with E-state index in [0.717, 1.165) is 17.8 Å². The van der Waals surface area contributed by atoms with Gasteiger partial charge in [-0.2, -0.15) is 0 Å². The summed E-state index contributed by atoms with van der Waals surface area (Å²) in [7, 11) is 1.80. The highest BCUT2D eigenvalue weighted by Gasteiger charge is 2.51. The van der Waals surface area contributed by atoms with Crippen LogP contribution >= 0.6 is 11.8 Å². The molecule has 1 atom stereocenters. The van der Waals surface area contributed by atoms with Gasteiger partial charge in [-0.3, -0.25) is 4.79 Å². The van der Waals surface area contributed by atoms with E-state index < -0.39 is 0 Å². The van der Waals surface area contributed by atoms with Gasteiger partial charge >= 0.3 is 0 Å². The Kier molecular flexibility index (Phi) is 3.43. The van der Waals surface area contributed by atoms with Gasteiger partial charge in [-0.15, -0.1) is 5.10 Å². The van der Waals surface area contributed by atoms with Crippen LogP contribution in [0.2, 0.25) is 0 Å². The van der Waals surface area contributed by atoms with E-state index in [4.69, 9.17) is 0 Å². The molecule has 1 aromatic heterocycles. The lowest BCUT2D eigenvalue weighted by atomic mass is 9.53. The molecule has 1 amide bonds. The zero-order chi connectivity index (χ0) is 15.3. The molecular formula is C15H23N5OS. The van der Waals surface area contributed by atoms with Crippen LogP contribution in [-0.2, 0) is 11.8 Å². The second-order valence-electron chi connectivity index (χ2n) is 7.53. The summed E-state index contributed by atoms with van der Waals surface area (Å²) >= 11 is 1.43. The highest BCUT2D eigenvalue weighted by molar-refractivity contribution is 8.00. The normalized spacial score (nSPS) is 37.3. The molecular weight excluding hydrogens is 298 g/mol. The second kappa shape index (κ2) is 5.22. The molecule has 0 spiro atoms. The van der Waals surface area contributed by atoms with E-state index in [1.165, 1.54) is 50.3 Å². The number of aromatic nitrogens is 4. The predicted octanol–water partition coefficient (Wildman–Crippen LogP) is 1.78. The van der Waals surface area contributed by atoms with Crippen molar-refractivity contribution in [2.75, 3.05) is 0 Å². The maximum Gasteiger partial charge on any atom is 0.233 e. The molecule has 0 aliphatic heterocycles. The molecule has 22 heavy (non-hydrogen) atoms. The zero-order valence-corrected chi connectivity index (χ0v) is 14.0. The minimum atomic E-state index is -0.169. The first-order valence-electron chi connectivity index (χ1n) is 8.24. The third kappa shape index (κ3) is 2.53. The molecule has 1 aromatic rings. The van der Waals surface area contributed by atoms with Crippen molar-refractivity contribution in [3.8, 4) is 0 Å². The molecule has 0 radical (unpaired) electrons. The summed E-state index contributed by atoms with van der Waals surface area (Å²) in [6, 6.07) is 0. The Labute approximate surface area is 134 Å². The average Bonchev–Trinajstić information content (AvgIpc) is 2.82. The number of hydrogen-bond donors (Lipinski definition) is 1. The number of thioether (sulfide) groups is 1. The molecule has 1 heterocycles. The fraction of sp³-hybridized carbons (Fsp3) is 0.867. The summed E-state index contributed by atoms with van der Waals surface area (Å²) in [4.78, 5) is 12.7. The van der Waals surface area contributed by atoms with Gasteiger partial charge in [0.05, 0.1) is 5.25 Å². The Morgan fingerprint density at radius 1 is 1.27 bits per heavy atom. The van der Waals surface area contributed by atoms with Gasteiger partial charge in [-0.25, -0.2) is 4.68 Å². The van der Waals surface area contributed by atoms with Crippen LogP contribution in [0.25, 0.3) is 0 Å². The van der Waals surface area contributed by atoms with Gasteiger partial charge in [0.2, 0.25) is 11.1 Å². The van der Waals surface area contributed by atoms with Gasteiger partial charge in [0.25, 0.3) is 0 Å². The lowest BCUT2D eigenvalue weighted by Gasteiger charge is -2.57. The Balaban J connectivity index is 1.42. The second-order valence-corrected chi connectivity index (χ2v) is 8.84. The van der Waals surface area contributed by atoms with Crippen molar-refractivity contribution in [1.82, 2.24) is 25.5 Å². The average molecular weight is 321 g/mol. The summed E-state index contributed by atoms with van der Waals surface area (Å²) in [5.41, 5.74) is 0.0821. The van der Waals surface area contributed by atoms with E-state index in [-0.39, 0.29) is 16.7 Å². The van der Waals surface area contributed by atoms with Crippen LogP contribution in [0.3, 0.4) is 0 Å². The van der Waals surface area contributed by atoms with Gasteiger partial charge in [0.15, 0.2) is 0 Å². The summed E-state index contributed by atoms with van der Waals surface area (Å²) < 4.78 is 1.61. The third-order valence-electron chi connectivity index (χ3n) is 5.66. The molecule has 6 nitrogen and oxygen atoms in total. The molecule has 7 heteroatoms. The smallest absolute Gasteiger partial charge is 0.233 e. The van der Waals surface area contributed by atoms with Crippen LogP contribution in [0, 0.1) is 17.8 Å². The molecule has 0 saturated heterocycles. The number of nitrogens with one attached hydrogen (secondary N) is 1. The van der Waals surface area contributed by atoms with Crippen molar-refractivity contribution in [1.29, 1.82) is 0 Å². The number of tetrazole rings is 1. The predicted molar refractivity (Wildman–Crippen MR) is 83.2 cm³/mol. The van der Waals surface area contributed by atoms with Crippen molar-refractivity contribution in [2.45, 2.75) is 61.4 Å². The number of nitrogens with zero attached hydrogens (tertiary/aromatic N) is 4. The van der Waals surface area contributed by atoms with Gasteiger partial charge in [-0.05, 0) is 73.6 Å². The number of carbonyl (C=O) groups is 1. The maximum absolute atomic E-state index is 12.7. The Morgan fingerprint density at radius 2 is 1.86 bits per heavy atom. The van der Waals surface area contributed by atoms with Gasteiger partial charge in [-0.1, -0.05) is 11.8 Å².